The van der Waals surface area contributed by atoms with Crippen molar-refractivity contribution in [1.82, 2.24) is 10.6 Å². The molecule has 25 heavy (non-hydrogen) atoms. The number of ether oxygens (including phenoxy) is 1. The van der Waals surface area contributed by atoms with Crippen LogP contribution in [-0.4, -0.2) is 25.6 Å². The second-order valence-corrected chi connectivity index (χ2v) is 7.02. The fourth-order valence-electron chi connectivity index (χ4n) is 2.67. The molecule has 1 aromatic carbocycles. The number of carbonyl (C=O) groups is 1. The van der Waals surface area contributed by atoms with E-state index in [1.54, 1.807) is 7.05 Å². The van der Waals surface area contributed by atoms with Crippen LogP contribution in [0.3, 0.4) is 0 Å². The summed E-state index contributed by atoms with van der Waals surface area (Å²) in [6.07, 6.45) is 3.15. The van der Waals surface area contributed by atoms with Crippen LogP contribution in [0.4, 0.5) is 0 Å². The highest BCUT2D eigenvalue weighted by Gasteiger charge is 2.22. The molecular formula is C20H33ClN2O2. The first-order valence-electron chi connectivity index (χ1n) is 9.32. The van der Waals surface area contributed by atoms with Crippen molar-refractivity contribution >= 4 is 17.5 Å². The monoisotopic (exact) mass is 368 g/mol. The van der Waals surface area contributed by atoms with Crippen LogP contribution in [0.2, 0.25) is 5.02 Å². The van der Waals surface area contributed by atoms with Crippen LogP contribution in [0.1, 0.15) is 52.5 Å². The van der Waals surface area contributed by atoms with Crippen molar-refractivity contribution in [2.75, 3.05) is 13.7 Å². The lowest BCUT2D eigenvalue weighted by molar-refractivity contribution is -0.123. The first-order valence-corrected chi connectivity index (χ1v) is 9.70. The van der Waals surface area contributed by atoms with E-state index in [1.807, 2.05) is 18.2 Å². The van der Waals surface area contributed by atoms with Crippen molar-refractivity contribution in [2.45, 2.75) is 59.5 Å². The van der Waals surface area contributed by atoms with Crippen LogP contribution in [0.25, 0.3) is 0 Å². The number of hydrogen-bond acceptors (Lipinski definition) is 3. The minimum absolute atomic E-state index is 0.0190. The topological polar surface area (TPSA) is 50.4 Å². The van der Waals surface area contributed by atoms with Crippen LogP contribution < -0.4 is 15.4 Å². The number of nitrogens with one attached hydrogen (secondary N) is 2. The van der Waals surface area contributed by atoms with E-state index in [2.05, 4.69) is 38.3 Å². The smallest absolute Gasteiger partial charge is 0.237 e. The number of hydrogen-bond donors (Lipinski definition) is 2. The van der Waals surface area contributed by atoms with Crippen molar-refractivity contribution in [3.05, 3.63) is 28.8 Å². The van der Waals surface area contributed by atoms with E-state index in [-0.39, 0.29) is 17.9 Å². The largest absolute Gasteiger partial charge is 0.492 e. The molecular weight excluding hydrogens is 336 g/mol. The van der Waals surface area contributed by atoms with Gasteiger partial charge >= 0.3 is 0 Å². The molecule has 2 atom stereocenters. The SMILES string of the molecule is CCC(CC)COc1ccc(CNC(C(=O)NC)C(C)CC)cc1Cl. The summed E-state index contributed by atoms with van der Waals surface area (Å²) in [7, 11) is 1.67. The summed E-state index contributed by atoms with van der Waals surface area (Å²) in [6, 6.07) is 5.62. The molecule has 4 nitrogen and oxygen atoms in total. The Morgan fingerprint density at radius 1 is 1.20 bits per heavy atom. The Bertz CT molecular complexity index is 532. The molecule has 0 aliphatic carbocycles. The molecule has 0 saturated carbocycles. The molecule has 1 amide bonds. The number of halogens is 1. The third-order valence-electron chi connectivity index (χ3n) is 4.89. The van der Waals surface area contributed by atoms with Gasteiger partial charge in [0.2, 0.25) is 5.91 Å². The third kappa shape index (κ3) is 6.87. The zero-order valence-electron chi connectivity index (χ0n) is 16.2. The van der Waals surface area contributed by atoms with E-state index in [0.29, 0.717) is 24.1 Å². The van der Waals surface area contributed by atoms with Gasteiger partial charge in [-0.2, -0.15) is 0 Å². The lowest BCUT2D eigenvalue weighted by Gasteiger charge is -2.23. The van der Waals surface area contributed by atoms with Crippen LogP contribution in [-0.2, 0) is 11.3 Å². The van der Waals surface area contributed by atoms with E-state index in [9.17, 15) is 4.79 Å². The maximum absolute atomic E-state index is 12.0. The number of likely N-dealkylation sites (N-methyl/N-ethyl adjacent to an activating group) is 1. The number of carbonyl (C=O) groups excluding carboxylic acids is 1. The van der Waals surface area contributed by atoms with Gasteiger partial charge in [-0.15, -0.1) is 0 Å². The minimum atomic E-state index is -0.209. The average Bonchev–Trinajstić information content (AvgIpc) is 2.63. The van der Waals surface area contributed by atoms with Gasteiger partial charge in [0.1, 0.15) is 5.75 Å². The highest BCUT2D eigenvalue weighted by atomic mass is 35.5. The molecule has 142 valence electrons. The van der Waals surface area contributed by atoms with Gasteiger partial charge in [0.15, 0.2) is 0 Å². The molecule has 0 saturated heterocycles. The molecule has 2 unspecified atom stereocenters. The Hall–Kier alpha value is -1.26. The summed E-state index contributed by atoms with van der Waals surface area (Å²) in [5.41, 5.74) is 1.04. The second-order valence-electron chi connectivity index (χ2n) is 6.62. The van der Waals surface area contributed by atoms with Gasteiger partial charge in [0.05, 0.1) is 17.7 Å². The zero-order valence-corrected chi connectivity index (χ0v) is 17.0. The van der Waals surface area contributed by atoms with E-state index >= 15 is 0 Å². The Morgan fingerprint density at radius 3 is 2.40 bits per heavy atom. The Morgan fingerprint density at radius 2 is 1.88 bits per heavy atom. The van der Waals surface area contributed by atoms with E-state index < -0.39 is 0 Å². The summed E-state index contributed by atoms with van der Waals surface area (Å²) in [5.74, 6) is 1.56. The van der Waals surface area contributed by atoms with Crippen LogP contribution in [0, 0.1) is 11.8 Å². The highest BCUT2D eigenvalue weighted by Crippen LogP contribution is 2.26. The minimum Gasteiger partial charge on any atom is -0.492 e. The van der Waals surface area contributed by atoms with Gasteiger partial charge in [-0.1, -0.05) is 64.6 Å². The van der Waals surface area contributed by atoms with Crippen LogP contribution >= 0.6 is 11.6 Å². The van der Waals surface area contributed by atoms with Crippen molar-refractivity contribution in [2.24, 2.45) is 11.8 Å². The summed E-state index contributed by atoms with van der Waals surface area (Å²) in [6.45, 7) is 9.80. The third-order valence-corrected chi connectivity index (χ3v) is 5.19. The lowest BCUT2D eigenvalue weighted by atomic mass is 9.98. The van der Waals surface area contributed by atoms with Gasteiger partial charge < -0.3 is 15.4 Å². The molecule has 0 aliphatic heterocycles. The predicted molar refractivity (Wildman–Crippen MR) is 105 cm³/mol. The Kier molecular flexibility index (Phi) is 9.91. The molecule has 1 rings (SSSR count). The summed E-state index contributed by atoms with van der Waals surface area (Å²) in [5, 5.41) is 6.68. The van der Waals surface area contributed by atoms with E-state index in [1.165, 1.54) is 0 Å². The van der Waals surface area contributed by atoms with E-state index in [4.69, 9.17) is 16.3 Å². The molecule has 0 aliphatic rings. The fourth-order valence-corrected chi connectivity index (χ4v) is 2.93. The zero-order chi connectivity index (χ0) is 18.8. The first-order chi connectivity index (χ1) is 12.0. The molecule has 0 radical (unpaired) electrons. The number of rotatable bonds is 11. The molecule has 0 fully saturated rings. The molecule has 5 heteroatoms. The van der Waals surface area contributed by atoms with Crippen LogP contribution in [0.15, 0.2) is 18.2 Å². The fraction of sp³-hybridized carbons (Fsp3) is 0.650. The summed E-state index contributed by atoms with van der Waals surface area (Å²) >= 11 is 6.36. The summed E-state index contributed by atoms with van der Waals surface area (Å²) in [4.78, 5) is 12.0. The van der Waals surface area contributed by atoms with Gasteiger partial charge in [-0.05, 0) is 29.5 Å². The number of amides is 1. The molecule has 0 spiro atoms. The van der Waals surface area contributed by atoms with Gasteiger partial charge in [-0.25, -0.2) is 0 Å². The molecule has 0 bridgehead atoms. The molecule has 1 aromatic rings. The van der Waals surface area contributed by atoms with Gasteiger partial charge in [0, 0.05) is 13.6 Å². The maximum Gasteiger partial charge on any atom is 0.237 e. The molecule has 0 aromatic heterocycles. The van der Waals surface area contributed by atoms with Gasteiger partial charge in [0.25, 0.3) is 0 Å². The van der Waals surface area contributed by atoms with Crippen molar-refractivity contribution in [3.8, 4) is 5.75 Å². The average molecular weight is 369 g/mol. The quantitative estimate of drug-likeness (QED) is 0.608. The first kappa shape index (κ1) is 21.8. The highest BCUT2D eigenvalue weighted by molar-refractivity contribution is 6.32. The Balaban J connectivity index is 2.68. The summed E-state index contributed by atoms with van der Waals surface area (Å²) < 4.78 is 5.86. The maximum atomic E-state index is 12.0. The van der Waals surface area contributed by atoms with Crippen LogP contribution in [0.5, 0.6) is 5.75 Å². The lowest BCUT2D eigenvalue weighted by Crippen LogP contribution is -2.46. The standard InChI is InChI=1S/C20H33ClN2O2/c1-6-14(4)19(20(24)22-5)23-12-16-9-10-18(17(21)11-16)25-13-15(7-2)8-3/h9-11,14-15,19,23H,6-8,12-13H2,1-5H3,(H,22,24). The predicted octanol–water partition coefficient (Wildman–Crippen LogP) is 4.41. The normalized spacial score (nSPS) is 13.6. The van der Waals surface area contributed by atoms with Crippen molar-refractivity contribution in [3.63, 3.8) is 0 Å². The van der Waals surface area contributed by atoms with E-state index in [0.717, 1.165) is 30.6 Å². The Labute approximate surface area is 157 Å². The molecule has 2 N–H and O–H groups in total. The number of benzene rings is 1. The molecule has 0 heterocycles. The second kappa shape index (κ2) is 11.4. The van der Waals surface area contributed by atoms with Crippen molar-refractivity contribution < 1.29 is 9.53 Å². The van der Waals surface area contributed by atoms with Crippen molar-refractivity contribution in [1.29, 1.82) is 0 Å². The van der Waals surface area contributed by atoms with Gasteiger partial charge in [-0.3, -0.25) is 4.79 Å².